The molecule has 0 aromatic heterocycles. The van der Waals surface area contributed by atoms with Crippen LogP contribution in [0.1, 0.15) is 45.4 Å². The van der Waals surface area contributed by atoms with Crippen molar-refractivity contribution in [2.45, 2.75) is 57.8 Å². The Morgan fingerprint density at radius 2 is 2.14 bits per heavy atom. The van der Waals surface area contributed by atoms with E-state index in [0.717, 1.165) is 44.8 Å². The van der Waals surface area contributed by atoms with E-state index in [9.17, 15) is 10.3 Å². The predicted octanol–water partition coefficient (Wildman–Crippen LogP) is 1.94. The van der Waals surface area contributed by atoms with Crippen molar-refractivity contribution in [3.05, 3.63) is 0 Å². The van der Waals surface area contributed by atoms with Crippen molar-refractivity contribution in [1.29, 1.82) is 0 Å². The Morgan fingerprint density at radius 1 is 1.36 bits per heavy atom. The molecule has 1 fully saturated rings. The zero-order valence-electron chi connectivity index (χ0n) is 9.15. The molecule has 1 aliphatic rings. The molecule has 0 amide bonds. The average molecular weight is 199 g/mol. The van der Waals surface area contributed by atoms with E-state index in [4.69, 9.17) is 0 Å². The van der Waals surface area contributed by atoms with E-state index in [1.165, 1.54) is 4.97 Å². The van der Waals surface area contributed by atoms with Gasteiger partial charge in [-0.2, -0.15) is 0 Å². The predicted molar refractivity (Wildman–Crippen MR) is 58.4 cm³/mol. The molecule has 1 rings (SSSR count). The van der Waals surface area contributed by atoms with Crippen LogP contribution in [0.4, 0.5) is 0 Å². The number of rotatable bonds is 3. The highest BCUT2D eigenvalue weighted by Gasteiger charge is 2.30. The van der Waals surface area contributed by atoms with Gasteiger partial charge >= 0.3 is 0 Å². The minimum atomic E-state index is -0.341. The number of unbranched alkanes of at least 4 members (excludes halogenated alkanes) is 1. The number of aliphatic hydroxyl groups excluding tert-OH is 1. The van der Waals surface area contributed by atoms with Crippen molar-refractivity contribution in [3.8, 4) is 0 Å². The lowest BCUT2D eigenvalue weighted by atomic mass is 9.51. The van der Waals surface area contributed by atoms with Gasteiger partial charge in [-0.1, -0.05) is 38.9 Å². The van der Waals surface area contributed by atoms with Crippen LogP contribution in [0.15, 0.2) is 0 Å². The summed E-state index contributed by atoms with van der Waals surface area (Å²) in [6.45, 7) is 2.82. The first kappa shape index (κ1) is 12.0. The fraction of sp³-hybridized carbons (Fsp3) is 1.00. The molecule has 4 heteroatoms. The maximum absolute atomic E-state index is 9.87. The van der Waals surface area contributed by atoms with Crippen LogP contribution in [0.3, 0.4) is 0 Å². The largest absolute Gasteiger partial charge is 0.399 e. The molecule has 3 nitrogen and oxygen atoms in total. The second kappa shape index (κ2) is 6.43. The van der Waals surface area contributed by atoms with E-state index in [1.807, 2.05) is 0 Å². The summed E-state index contributed by atoms with van der Waals surface area (Å²) in [4.78, 5) is 1.36. The minimum absolute atomic E-state index is 0.0322. The van der Waals surface area contributed by atoms with Crippen molar-refractivity contribution < 1.29 is 10.3 Å². The Bertz CT molecular complexity index is 145. The van der Waals surface area contributed by atoms with Gasteiger partial charge in [-0.15, -0.1) is 0 Å². The Morgan fingerprint density at radius 3 is 2.86 bits per heavy atom. The quantitative estimate of drug-likeness (QED) is 0.682. The maximum Gasteiger partial charge on any atom is 0.286 e. The zero-order chi connectivity index (χ0) is 10.4. The van der Waals surface area contributed by atoms with Crippen LogP contribution in [0.2, 0.25) is 6.32 Å². The Balaban J connectivity index is 2.44. The summed E-state index contributed by atoms with van der Waals surface area (Å²) in [5.74, 6) is 0. The SMILES string of the molecule is CCCCB1C(O)CCCCCN1O. The van der Waals surface area contributed by atoms with Crippen molar-refractivity contribution in [2.24, 2.45) is 0 Å². The first-order chi connectivity index (χ1) is 6.75. The standard InChI is InChI=1S/C10H22BNO2/c1-2-3-8-11-10(13)7-5-4-6-9-12(11)14/h10,13-14H,2-9H2,1H3. The molecule has 1 heterocycles. The van der Waals surface area contributed by atoms with E-state index in [0.29, 0.717) is 6.54 Å². The maximum atomic E-state index is 9.87. The molecule has 82 valence electrons. The molecule has 0 aromatic rings. The molecule has 0 spiro atoms. The third-order valence-electron chi connectivity index (χ3n) is 3.07. The lowest BCUT2D eigenvalue weighted by Crippen LogP contribution is -2.47. The summed E-state index contributed by atoms with van der Waals surface area (Å²) < 4.78 is 0. The lowest BCUT2D eigenvalue weighted by Gasteiger charge is -2.29. The van der Waals surface area contributed by atoms with Crippen molar-refractivity contribution in [2.75, 3.05) is 6.54 Å². The van der Waals surface area contributed by atoms with Gasteiger partial charge in [-0.25, -0.2) is 4.97 Å². The van der Waals surface area contributed by atoms with Crippen molar-refractivity contribution in [1.82, 2.24) is 4.97 Å². The summed E-state index contributed by atoms with van der Waals surface area (Å²) in [6.07, 6.45) is 7.22. The minimum Gasteiger partial charge on any atom is -0.399 e. The average Bonchev–Trinajstić information content (AvgIpc) is 2.15. The molecule has 2 N–H and O–H groups in total. The molecular weight excluding hydrogens is 177 g/mol. The van der Waals surface area contributed by atoms with Crippen LogP contribution in [-0.2, 0) is 0 Å². The van der Waals surface area contributed by atoms with Crippen LogP contribution in [0.5, 0.6) is 0 Å². The van der Waals surface area contributed by atoms with Crippen molar-refractivity contribution in [3.63, 3.8) is 0 Å². The molecule has 1 unspecified atom stereocenters. The number of hydroxylamine groups is 1. The monoisotopic (exact) mass is 199 g/mol. The molecule has 0 radical (unpaired) electrons. The molecule has 1 aliphatic heterocycles. The van der Waals surface area contributed by atoms with Crippen molar-refractivity contribution >= 4 is 6.85 Å². The van der Waals surface area contributed by atoms with Crippen LogP contribution in [0, 0.1) is 0 Å². The topological polar surface area (TPSA) is 43.7 Å². The number of hydrogen-bond acceptors (Lipinski definition) is 3. The normalized spacial score (nSPS) is 25.9. The molecule has 0 aromatic carbocycles. The first-order valence-corrected chi connectivity index (χ1v) is 5.89. The molecule has 1 saturated heterocycles. The zero-order valence-corrected chi connectivity index (χ0v) is 9.15. The fourth-order valence-corrected chi connectivity index (χ4v) is 2.12. The Kier molecular flexibility index (Phi) is 5.52. The van der Waals surface area contributed by atoms with E-state index in [2.05, 4.69) is 6.92 Å². The Hall–Kier alpha value is -0.0551. The van der Waals surface area contributed by atoms with Gasteiger partial charge in [0.2, 0.25) is 0 Å². The highest BCUT2D eigenvalue weighted by molar-refractivity contribution is 6.56. The van der Waals surface area contributed by atoms with Gasteiger partial charge in [-0.05, 0) is 12.8 Å². The van der Waals surface area contributed by atoms with Crippen LogP contribution in [-0.4, -0.2) is 34.7 Å². The summed E-state index contributed by atoms with van der Waals surface area (Å²) in [5.41, 5.74) is 0. The number of hydrogen-bond donors (Lipinski definition) is 2. The van der Waals surface area contributed by atoms with E-state index in [1.54, 1.807) is 0 Å². The second-order valence-corrected chi connectivity index (χ2v) is 4.29. The molecule has 0 saturated carbocycles. The first-order valence-electron chi connectivity index (χ1n) is 5.89. The van der Waals surface area contributed by atoms with E-state index < -0.39 is 0 Å². The molecule has 1 atom stereocenters. The molecule has 14 heavy (non-hydrogen) atoms. The van der Waals surface area contributed by atoms with E-state index in [-0.39, 0.29) is 12.9 Å². The summed E-state index contributed by atoms with van der Waals surface area (Å²) in [6, 6.07) is -0.341. The molecule has 0 aliphatic carbocycles. The number of aliphatic hydroxyl groups is 1. The summed E-state index contributed by atoms with van der Waals surface area (Å²) >= 11 is 0. The van der Waals surface area contributed by atoms with Gasteiger partial charge in [0.1, 0.15) is 0 Å². The number of nitrogens with zero attached hydrogens (tertiary/aromatic N) is 1. The van der Waals surface area contributed by atoms with Crippen LogP contribution in [0.25, 0.3) is 0 Å². The lowest BCUT2D eigenvalue weighted by molar-refractivity contribution is -0.0195. The van der Waals surface area contributed by atoms with Crippen LogP contribution < -0.4 is 0 Å². The van der Waals surface area contributed by atoms with Crippen LogP contribution >= 0.6 is 0 Å². The van der Waals surface area contributed by atoms with Gasteiger partial charge in [-0.3, -0.25) is 0 Å². The molecular formula is C10H22BNO2. The van der Waals surface area contributed by atoms with E-state index >= 15 is 0 Å². The smallest absolute Gasteiger partial charge is 0.286 e. The summed E-state index contributed by atoms with van der Waals surface area (Å²) in [7, 11) is 0. The third-order valence-corrected chi connectivity index (χ3v) is 3.07. The fourth-order valence-electron chi connectivity index (χ4n) is 2.12. The van der Waals surface area contributed by atoms with Gasteiger partial charge < -0.3 is 10.3 Å². The van der Waals surface area contributed by atoms with Gasteiger partial charge in [0.25, 0.3) is 6.85 Å². The highest BCUT2D eigenvalue weighted by Crippen LogP contribution is 2.17. The third kappa shape index (κ3) is 3.60. The highest BCUT2D eigenvalue weighted by atomic mass is 16.5. The Labute approximate surface area is 87.2 Å². The van der Waals surface area contributed by atoms with Gasteiger partial charge in [0.05, 0.1) is 0 Å². The second-order valence-electron chi connectivity index (χ2n) is 4.29. The molecule has 0 bridgehead atoms. The van der Waals surface area contributed by atoms with Gasteiger partial charge in [0.15, 0.2) is 0 Å². The summed E-state index contributed by atoms with van der Waals surface area (Å²) in [5, 5.41) is 19.6. The van der Waals surface area contributed by atoms with Gasteiger partial charge in [0, 0.05) is 12.5 Å².